The molecular formula is C19H21N5O3S. The number of pyridine rings is 2. The number of esters is 1. The second-order valence-corrected chi connectivity index (χ2v) is 7.54. The van der Waals surface area contributed by atoms with Crippen LogP contribution in [-0.4, -0.2) is 53.3 Å². The molecule has 1 saturated heterocycles. The van der Waals surface area contributed by atoms with Crippen molar-refractivity contribution in [2.75, 3.05) is 31.6 Å². The lowest BCUT2D eigenvalue weighted by atomic mass is 10.1. The summed E-state index contributed by atoms with van der Waals surface area (Å²) in [6, 6.07) is 2.33. The van der Waals surface area contributed by atoms with Crippen LogP contribution in [0.15, 0.2) is 28.6 Å². The molecule has 3 aromatic rings. The zero-order chi connectivity index (χ0) is 19.8. The standard InChI is InChI=1S/C19H21N5O3S/c1-4-27-18(26)13-10-24(19-21-5-6-28-19)17-15(16(13)25)11(2)7-14(22-17)23-8-12(9-23)20-3/h5-7,10,12,20H,4,8-9H2,1-3H3. The smallest absolute Gasteiger partial charge is 0.343 e. The van der Waals surface area contributed by atoms with Gasteiger partial charge in [0.15, 0.2) is 10.8 Å². The molecule has 1 fully saturated rings. The second-order valence-electron chi connectivity index (χ2n) is 6.66. The van der Waals surface area contributed by atoms with Crippen molar-refractivity contribution in [3.05, 3.63) is 45.2 Å². The molecule has 0 atom stereocenters. The minimum Gasteiger partial charge on any atom is -0.462 e. The summed E-state index contributed by atoms with van der Waals surface area (Å²) in [4.78, 5) is 36.7. The Kier molecular flexibility index (Phi) is 4.86. The van der Waals surface area contributed by atoms with Gasteiger partial charge in [-0.15, -0.1) is 11.3 Å². The second kappa shape index (κ2) is 7.33. The number of likely N-dealkylation sites (N-methyl/N-ethyl adjacent to an activating group) is 1. The number of carbonyl (C=O) groups excluding carboxylic acids is 1. The molecule has 9 heteroatoms. The maximum Gasteiger partial charge on any atom is 0.343 e. The van der Waals surface area contributed by atoms with E-state index in [9.17, 15) is 9.59 Å². The van der Waals surface area contributed by atoms with Gasteiger partial charge in [-0.3, -0.25) is 9.36 Å². The molecule has 146 valence electrons. The summed E-state index contributed by atoms with van der Waals surface area (Å²) in [6.07, 6.45) is 3.17. The third-order valence-electron chi connectivity index (χ3n) is 4.88. The van der Waals surface area contributed by atoms with E-state index in [1.54, 1.807) is 17.7 Å². The number of aromatic nitrogens is 3. The molecule has 8 nitrogen and oxygen atoms in total. The number of thiazole rings is 1. The molecule has 0 saturated carbocycles. The summed E-state index contributed by atoms with van der Waals surface area (Å²) in [5.74, 6) is 0.174. The van der Waals surface area contributed by atoms with E-state index in [0.717, 1.165) is 24.5 Å². The van der Waals surface area contributed by atoms with Gasteiger partial charge in [-0.1, -0.05) is 0 Å². The van der Waals surface area contributed by atoms with E-state index in [2.05, 4.69) is 15.2 Å². The maximum absolute atomic E-state index is 13.1. The van der Waals surface area contributed by atoms with Crippen LogP contribution in [-0.2, 0) is 4.74 Å². The number of rotatable bonds is 5. The minimum atomic E-state index is -0.636. The zero-order valence-electron chi connectivity index (χ0n) is 15.9. The highest BCUT2D eigenvalue weighted by Crippen LogP contribution is 2.26. The van der Waals surface area contributed by atoms with Crippen LogP contribution in [0.2, 0.25) is 0 Å². The van der Waals surface area contributed by atoms with Gasteiger partial charge in [-0.05, 0) is 32.5 Å². The fraction of sp³-hybridized carbons (Fsp3) is 0.368. The summed E-state index contributed by atoms with van der Waals surface area (Å²) in [5, 5.41) is 6.13. The van der Waals surface area contributed by atoms with Crippen molar-refractivity contribution in [1.29, 1.82) is 0 Å². The Hall–Kier alpha value is -2.78. The quantitative estimate of drug-likeness (QED) is 0.654. The highest BCUT2D eigenvalue weighted by molar-refractivity contribution is 7.12. The van der Waals surface area contributed by atoms with E-state index in [0.29, 0.717) is 22.2 Å². The molecule has 0 aliphatic carbocycles. The monoisotopic (exact) mass is 399 g/mol. The van der Waals surface area contributed by atoms with Crippen LogP contribution in [0, 0.1) is 6.92 Å². The number of nitrogens with one attached hydrogen (secondary N) is 1. The van der Waals surface area contributed by atoms with Gasteiger partial charge in [0.25, 0.3) is 0 Å². The molecule has 0 bridgehead atoms. The number of hydrogen-bond acceptors (Lipinski definition) is 8. The van der Waals surface area contributed by atoms with E-state index >= 15 is 0 Å². The number of aryl methyl sites for hydroxylation is 1. The van der Waals surface area contributed by atoms with Crippen molar-refractivity contribution in [1.82, 2.24) is 19.9 Å². The van der Waals surface area contributed by atoms with Gasteiger partial charge in [0.05, 0.1) is 12.0 Å². The molecule has 1 N–H and O–H groups in total. The summed E-state index contributed by atoms with van der Waals surface area (Å²) in [7, 11) is 1.94. The minimum absolute atomic E-state index is 0.0126. The first-order chi connectivity index (χ1) is 13.5. The van der Waals surface area contributed by atoms with Gasteiger partial charge in [-0.2, -0.15) is 0 Å². The SMILES string of the molecule is CCOC(=O)c1cn(-c2nccs2)c2nc(N3CC(NC)C3)cc(C)c2c1=O. The Balaban J connectivity index is 1.94. The molecule has 0 unspecified atom stereocenters. The van der Waals surface area contributed by atoms with Crippen LogP contribution in [0.4, 0.5) is 5.82 Å². The Morgan fingerprint density at radius 3 is 2.86 bits per heavy atom. The average molecular weight is 399 g/mol. The first-order valence-electron chi connectivity index (χ1n) is 9.09. The van der Waals surface area contributed by atoms with Crippen molar-refractivity contribution in [3.8, 4) is 5.13 Å². The summed E-state index contributed by atoms with van der Waals surface area (Å²) < 4.78 is 6.79. The molecule has 28 heavy (non-hydrogen) atoms. The van der Waals surface area contributed by atoms with Gasteiger partial charge >= 0.3 is 5.97 Å². The molecule has 3 aromatic heterocycles. The van der Waals surface area contributed by atoms with E-state index in [1.807, 2.05) is 25.4 Å². The predicted molar refractivity (Wildman–Crippen MR) is 109 cm³/mol. The van der Waals surface area contributed by atoms with Gasteiger partial charge in [0.1, 0.15) is 11.4 Å². The van der Waals surface area contributed by atoms with Crippen LogP contribution in [0.25, 0.3) is 16.2 Å². The number of carbonyl (C=O) groups is 1. The Morgan fingerprint density at radius 1 is 1.43 bits per heavy atom. The lowest BCUT2D eigenvalue weighted by molar-refractivity contribution is 0.0524. The average Bonchev–Trinajstić information content (AvgIpc) is 3.15. The first-order valence-corrected chi connectivity index (χ1v) is 9.97. The van der Waals surface area contributed by atoms with Crippen molar-refractivity contribution in [2.45, 2.75) is 19.9 Å². The summed E-state index contributed by atoms with van der Waals surface area (Å²) in [6.45, 7) is 5.49. The van der Waals surface area contributed by atoms with Crippen molar-refractivity contribution < 1.29 is 9.53 Å². The Labute approximate surface area is 165 Å². The van der Waals surface area contributed by atoms with Gasteiger partial charge in [0, 0.05) is 36.9 Å². The van der Waals surface area contributed by atoms with E-state index in [-0.39, 0.29) is 17.6 Å². The van der Waals surface area contributed by atoms with E-state index in [4.69, 9.17) is 9.72 Å². The molecule has 1 aliphatic rings. The highest BCUT2D eigenvalue weighted by Gasteiger charge is 2.28. The summed E-state index contributed by atoms with van der Waals surface area (Å²) >= 11 is 1.41. The van der Waals surface area contributed by atoms with Crippen LogP contribution < -0.4 is 15.6 Å². The van der Waals surface area contributed by atoms with Crippen LogP contribution >= 0.6 is 11.3 Å². The fourth-order valence-corrected chi connectivity index (χ4v) is 3.94. The molecule has 0 spiro atoms. The molecular weight excluding hydrogens is 378 g/mol. The molecule has 0 aromatic carbocycles. The molecule has 0 amide bonds. The predicted octanol–water partition coefficient (Wildman–Crippen LogP) is 1.74. The normalized spacial score (nSPS) is 14.3. The molecule has 4 rings (SSSR count). The lowest BCUT2D eigenvalue weighted by Crippen LogP contribution is -2.57. The Morgan fingerprint density at radius 2 is 2.21 bits per heavy atom. The zero-order valence-corrected chi connectivity index (χ0v) is 16.7. The van der Waals surface area contributed by atoms with Gasteiger partial charge < -0.3 is 15.0 Å². The van der Waals surface area contributed by atoms with E-state index < -0.39 is 5.97 Å². The lowest BCUT2D eigenvalue weighted by Gasteiger charge is -2.40. The number of fused-ring (bicyclic) bond motifs is 1. The topological polar surface area (TPSA) is 89.3 Å². The van der Waals surface area contributed by atoms with Crippen LogP contribution in [0.3, 0.4) is 0 Å². The third-order valence-corrected chi connectivity index (χ3v) is 5.65. The highest BCUT2D eigenvalue weighted by atomic mass is 32.1. The van der Waals surface area contributed by atoms with Crippen molar-refractivity contribution in [3.63, 3.8) is 0 Å². The molecule has 4 heterocycles. The van der Waals surface area contributed by atoms with Gasteiger partial charge in [-0.25, -0.2) is 14.8 Å². The van der Waals surface area contributed by atoms with Crippen LogP contribution in [0.1, 0.15) is 22.8 Å². The van der Waals surface area contributed by atoms with Gasteiger partial charge in [0.2, 0.25) is 5.43 Å². The molecule has 1 aliphatic heterocycles. The number of ether oxygens (including phenoxy) is 1. The van der Waals surface area contributed by atoms with Crippen molar-refractivity contribution >= 4 is 34.2 Å². The fourth-order valence-electron chi connectivity index (χ4n) is 3.32. The number of nitrogens with zero attached hydrogens (tertiary/aromatic N) is 4. The first kappa shape index (κ1) is 18.6. The van der Waals surface area contributed by atoms with Crippen LogP contribution in [0.5, 0.6) is 0 Å². The number of hydrogen-bond donors (Lipinski definition) is 1. The summed E-state index contributed by atoms with van der Waals surface area (Å²) in [5.41, 5.74) is 0.890. The van der Waals surface area contributed by atoms with E-state index in [1.165, 1.54) is 17.5 Å². The largest absolute Gasteiger partial charge is 0.462 e. The van der Waals surface area contributed by atoms with Crippen molar-refractivity contribution in [2.24, 2.45) is 0 Å². The Bertz CT molecular complexity index is 1090. The maximum atomic E-state index is 13.1. The number of anilines is 1. The third kappa shape index (κ3) is 3.06. The molecule has 0 radical (unpaired) electrons.